The van der Waals surface area contributed by atoms with Crippen molar-refractivity contribution in [3.05, 3.63) is 60.2 Å². The molecule has 0 aliphatic heterocycles. The Kier molecular flexibility index (Phi) is 3.14. The summed E-state index contributed by atoms with van der Waals surface area (Å²) in [6, 6.07) is 8.47. The number of rotatable bonds is 3. The molecule has 0 radical (unpaired) electrons. The third-order valence-electron chi connectivity index (χ3n) is 2.95. The van der Waals surface area contributed by atoms with Crippen molar-refractivity contribution in [1.29, 1.82) is 0 Å². The summed E-state index contributed by atoms with van der Waals surface area (Å²) in [5.74, 6) is 0. The molecule has 1 aromatic carbocycles. The normalized spacial score (nSPS) is 15.0. The maximum Gasteiger partial charge on any atom is 0.279 e. The Morgan fingerprint density at radius 3 is 2.11 bits per heavy atom. The number of hydrogen-bond acceptors (Lipinski definition) is 4. The van der Waals surface area contributed by atoms with E-state index in [9.17, 15) is 13.0 Å². The van der Waals surface area contributed by atoms with Gasteiger partial charge in [0.05, 0.1) is 0 Å². The van der Waals surface area contributed by atoms with Gasteiger partial charge in [0.15, 0.2) is 0 Å². The van der Waals surface area contributed by atoms with Crippen LogP contribution < -0.4 is 0 Å². The van der Waals surface area contributed by atoms with E-state index < -0.39 is 14.9 Å². The van der Waals surface area contributed by atoms with E-state index in [-0.39, 0.29) is 0 Å². The maximum atomic E-state index is 11.8. The van der Waals surface area contributed by atoms with E-state index in [1.54, 1.807) is 30.3 Å². The summed E-state index contributed by atoms with van der Waals surface area (Å²) in [5, 5.41) is 0. The molecule has 2 rings (SSSR count). The molecule has 1 unspecified atom stereocenters. The van der Waals surface area contributed by atoms with E-state index in [0.29, 0.717) is 11.1 Å². The van der Waals surface area contributed by atoms with Crippen molar-refractivity contribution in [2.45, 2.75) is 11.7 Å². The minimum atomic E-state index is -4.35. The molecule has 1 atom stereocenters. The summed E-state index contributed by atoms with van der Waals surface area (Å²) in [4.78, 5) is 7.61. The highest BCUT2D eigenvalue weighted by molar-refractivity contribution is 7.87. The molecule has 0 bridgehead atoms. The minimum Gasteiger partial charge on any atom is -0.285 e. The first kappa shape index (κ1) is 12.7. The van der Waals surface area contributed by atoms with Crippen LogP contribution in [0.2, 0.25) is 0 Å². The van der Waals surface area contributed by atoms with Gasteiger partial charge in [-0.25, -0.2) is 9.97 Å². The predicted molar refractivity (Wildman–Crippen MR) is 66.5 cm³/mol. The molecular weight excluding hydrogens is 252 g/mol. The third kappa shape index (κ3) is 2.00. The largest absolute Gasteiger partial charge is 0.285 e. The van der Waals surface area contributed by atoms with Crippen LogP contribution in [0.1, 0.15) is 18.1 Å². The maximum absolute atomic E-state index is 11.8. The number of hydrogen-bond donors (Lipinski definition) is 1. The molecule has 94 valence electrons. The van der Waals surface area contributed by atoms with Crippen molar-refractivity contribution in [3.8, 4) is 0 Å². The standard InChI is InChI=1S/C12H12N2O3S/c1-12(18(15,16)17,10-5-3-2-4-6-10)11-7-13-9-14-8-11/h2-9H,1H3,(H,15,16,17). The monoisotopic (exact) mass is 264 g/mol. The molecule has 18 heavy (non-hydrogen) atoms. The van der Waals surface area contributed by atoms with Gasteiger partial charge in [0, 0.05) is 18.0 Å². The second kappa shape index (κ2) is 4.47. The zero-order valence-electron chi connectivity index (χ0n) is 9.69. The molecule has 0 saturated carbocycles. The SMILES string of the molecule is CC(c1ccccc1)(c1cncnc1)S(=O)(=O)O. The van der Waals surface area contributed by atoms with Gasteiger partial charge < -0.3 is 0 Å². The van der Waals surface area contributed by atoms with E-state index >= 15 is 0 Å². The Hall–Kier alpha value is -1.79. The molecule has 5 nitrogen and oxygen atoms in total. The van der Waals surface area contributed by atoms with Crippen molar-refractivity contribution in [3.63, 3.8) is 0 Å². The van der Waals surface area contributed by atoms with Crippen molar-refractivity contribution < 1.29 is 13.0 Å². The first-order chi connectivity index (χ1) is 8.46. The minimum absolute atomic E-state index is 0.318. The highest BCUT2D eigenvalue weighted by Crippen LogP contribution is 2.35. The molecule has 1 N–H and O–H groups in total. The molecule has 0 fully saturated rings. The van der Waals surface area contributed by atoms with Gasteiger partial charge in [-0.05, 0) is 12.5 Å². The smallest absolute Gasteiger partial charge is 0.279 e. The van der Waals surface area contributed by atoms with Crippen LogP contribution in [0, 0.1) is 0 Å². The molecule has 0 aliphatic carbocycles. The predicted octanol–water partition coefficient (Wildman–Crippen LogP) is 1.63. The van der Waals surface area contributed by atoms with Crippen molar-refractivity contribution >= 4 is 10.1 Å². The summed E-state index contributed by atoms with van der Waals surface area (Å²) in [6.07, 6.45) is 4.07. The van der Waals surface area contributed by atoms with E-state index in [1.807, 2.05) is 0 Å². The Morgan fingerprint density at radius 1 is 1.06 bits per heavy atom. The van der Waals surface area contributed by atoms with E-state index in [0.717, 1.165) is 0 Å². The molecule has 0 saturated heterocycles. The van der Waals surface area contributed by atoms with E-state index in [2.05, 4.69) is 9.97 Å². The highest BCUT2D eigenvalue weighted by Gasteiger charge is 2.42. The average molecular weight is 264 g/mol. The number of aromatic nitrogens is 2. The Morgan fingerprint density at radius 2 is 1.61 bits per heavy atom. The lowest BCUT2D eigenvalue weighted by Crippen LogP contribution is -2.33. The Labute approximate surface area is 105 Å². The molecule has 2 aromatic rings. The first-order valence-electron chi connectivity index (χ1n) is 5.24. The zero-order valence-corrected chi connectivity index (χ0v) is 10.5. The molecule has 0 amide bonds. The van der Waals surface area contributed by atoms with Gasteiger partial charge in [0.25, 0.3) is 10.1 Å². The lowest BCUT2D eigenvalue weighted by atomic mass is 9.94. The third-order valence-corrected chi connectivity index (χ3v) is 4.46. The van der Waals surface area contributed by atoms with Crippen LogP contribution in [0.15, 0.2) is 49.1 Å². The van der Waals surface area contributed by atoms with Crippen LogP contribution in [-0.2, 0) is 14.9 Å². The summed E-state index contributed by atoms with van der Waals surface area (Å²) >= 11 is 0. The Bertz CT molecular complexity index is 587. The van der Waals surface area contributed by atoms with Crippen molar-refractivity contribution in [2.24, 2.45) is 0 Å². The molecular formula is C12H12N2O3S. The van der Waals surface area contributed by atoms with Gasteiger partial charge >= 0.3 is 0 Å². The number of benzene rings is 1. The molecule has 0 aliphatic rings. The lowest BCUT2D eigenvalue weighted by Gasteiger charge is -2.26. The van der Waals surface area contributed by atoms with Crippen LogP contribution in [-0.4, -0.2) is 22.9 Å². The Balaban J connectivity index is 2.72. The fourth-order valence-electron chi connectivity index (χ4n) is 1.77. The van der Waals surface area contributed by atoms with E-state index in [1.165, 1.54) is 25.6 Å². The van der Waals surface area contributed by atoms with Crippen LogP contribution in [0.4, 0.5) is 0 Å². The van der Waals surface area contributed by atoms with Gasteiger partial charge in [-0.1, -0.05) is 30.3 Å². The van der Waals surface area contributed by atoms with Gasteiger partial charge in [0.2, 0.25) is 0 Å². The fourth-order valence-corrected chi connectivity index (χ4v) is 2.60. The van der Waals surface area contributed by atoms with Crippen LogP contribution >= 0.6 is 0 Å². The van der Waals surface area contributed by atoms with Gasteiger partial charge in [-0.3, -0.25) is 4.55 Å². The van der Waals surface area contributed by atoms with Gasteiger partial charge in [0.1, 0.15) is 11.1 Å². The quantitative estimate of drug-likeness (QED) is 0.852. The van der Waals surface area contributed by atoms with Crippen LogP contribution in [0.5, 0.6) is 0 Å². The highest BCUT2D eigenvalue weighted by atomic mass is 32.2. The molecule has 0 spiro atoms. The summed E-state index contributed by atoms with van der Waals surface area (Å²) in [6.45, 7) is 1.43. The first-order valence-corrected chi connectivity index (χ1v) is 6.68. The van der Waals surface area contributed by atoms with Crippen molar-refractivity contribution in [2.75, 3.05) is 0 Å². The van der Waals surface area contributed by atoms with Gasteiger partial charge in [-0.15, -0.1) is 0 Å². The van der Waals surface area contributed by atoms with E-state index in [4.69, 9.17) is 0 Å². The lowest BCUT2D eigenvalue weighted by molar-refractivity contribution is 0.452. The average Bonchev–Trinajstić information content (AvgIpc) is 2.38. The fraction of sp³-hybridized carbons (Fsp3) is 0.167. The summed E-state index contributed by atoms with van der Waals surface area (Å²) in [7, 11) is -4.35. The summed E-state index contributed by atoms with van der Waals surface area (Å²) < 4.78 is 31.5. The van der Waals surface area contributed by atoms with Crippen molar-refractivity contribution in [1.82, 2.24) is 9.97 Å². The van der Waals surface area contributed by atoms with Gasteiger partial charge in [-0.2, -0.15) is 8.42 Å². The number of nitrogens with zero attached hydrogens (tertiary/aromatic N) is 2. The van der Waals surface area contributed by atoms with Crippen LogP contribution in [0.25, 0.3) is 0 Å². The second-order valence-electron chi connectivity index (χ2n) is 4.00. The van der Waals surface area contributed by atoms with Crippen LogP contribution in [0.3, 0.4) is 0 Å². The zero-order chi connectivity index (χ0) is 13.2. The topological polar surface area (TPSA) is 80.2 Å². The summed E-state index contributed by atoms with van der Waals surface area (Å²) in [5.41, 5.74) is 0.779. The molecule has 1 heterocycles. The molecule has 1 aromatic heterocycles. The second-order valence-corrected chi connectivity index (χ2v) is 5.77. The molecule has 6 heteroatoms.